The van der Waals surface area contributed by atoms with Crippen molar-refractivity contribution in [2.24, 2.45) is 4.99 Å². The van der Waals surface area contributed by atoms with Crippen molar-refractivity contribution in [3.63, 3.8) is 0 Å². The van der Waals surface area contributed by atoms with Crippen molar-refractivity contribution < 1.29 is 26.3 Å². The number of hydrogen-bond acceptors (Lipinski definition) is 2. The zero-order valence-corrected chi connectivity index (χ0v) is 21.0. The normalized spacial score (nSPS) is 12.0. The lowest BCUT2D eigenvalue weighted by atomic mass is 10.1. The van der Waals surface area contributed by atoms with Crippen molar-refractivity contribution >= 4 is 46.1 Å². The van der Waals surface area contributed by atoms with Crippen LogP contribution in [0.4, 0.5) is 43.4 Å². The lowest BCUT2D eigenvalue weighted by Crippen LogP contribution is -2.18. The third-order valence-electron chi connectivity index (χ3n) is 4.51. The van der Waals surface area contributed by atoms with E-state index in [1.165, 1.54) is 6.07 Å². The van der Waals surface area contributed by atoms with Crippen LogP contribution in [0.15, 0.2) is 71.7 Å². The fourth-order valence-electron chi connectivity index (χ4n) is 3.03. The lowest BCUT2D eigenvalue weighted by Gasteiger charge is -2.19. The zero-order valence-electron chi connectivity index (χ0n) is 19.5. The van der Waals surface area contributed by atoms with Gasteiger partial charge in [0.15, 0.2) is 0 Å². The van der Waals surface area contributed by atoms with Crippen molar-refractivity contribution in [1.82, 2.24) is 0 Å². The van der Waals surface area contributed by atoms with Gasteiger partial charge in [0.1, 0.15) is 5.84 Å². The first-order valence-electron chi connectivity index (χ1n) is 10.4. The lowest BCUT2D eigenvalue weighted by molar-refractivity contribution is -0.137. The van der Waals surface area contributed by atoms with E-state index < -0.39 is 17.9 Å². The van der Waals surface area contributed by atoms with Crippen molar-refractivity contribution in [1.29, 1.82) is 0 Å². The van der Waals surface area contributed by atoms with Crippen LogP contribution in [0.2, 0.25) is 10.0 Å². The Bertz CT molecular complexity index is 1180. The molecule has 36 heavy (non-hydrogen) atoms. The van der Waals surface area contributed by atoms with Crippen LogP contribution in [0, 0.1) is 0 Å². The topological polar surface area (TPSA) is 27.6 Å². The van der Waals surface area contributed by atoms with Gasteiger partial charge in [0.05, 0.1) is 27.0 Å². The van der Waals surface area contributed by atoms with Gasteiger partial charge < -0.3 is 10.2 Å². The highest BCUT2D eigenvalue weighted by atomic mass is 35.5. The molecule has 0 aromatic heterocycles. The predicted molar refractivity (Wildman–Crippen MR) is 135 cm³/mol. The molecule has 0 radical (unpaired) electrons. The molecule has 3 rings (SSSR count). The molecule has 0 spiro atoms. The number of hydrogen-bond donors (Lipinski definition) is 1. The van der Waals surface area contributed by atoms with E-state index in [2.05, 4.69) is 10.3 Å². The average molecular weight is 550 g/mol. The number of halogens is 8. The van der Waals surface area contributed by atoms with Crippen LogP contribution in [0.25, 0.3) is 0 Å². The highest BCUT2D eigenvalue weighted by Crippen LogP contribution is 2.35. The number of amidine groups is 1. The molecule has 0 amide bonds. The van der Waals surface area contributed by atoms with Crippen LogP contribution >= 0.6 is 23.2 Å². The van der Waals surface area contributed by atoms with Crippen LogP contribution in [0.1, 0.15) is 18.1 Å². The number of benzene rings is 3. The van der Waals surface area contributed by atoms with E-state index in [0.717, 1.165) is 23.4 Å². The summed E-state index contributed by atoms with van der Waals surface area (Å²) in [6, 6.07) is 18.1. The maximum Gasteiger partial charge on any atom is 0.416 e. The number of anilines is 2. The highest BCUT2D eigenvalue weighted by molar-refractivity contribution is 6.34. The standard InChI is InChI=1S/C23H20Cl2F3N3.C2H3F3/c1-31(2)21-10-6-3-7-15(21)13-22(29-19-9-5-4-8-17(19)24)30-20-12-11-16(14-18(20)25)23(26,27)28;1-2(3,4)5/h3-12,14H,13H2,1-2H3,(H,29,30);1H3. The van der Waals surface area contributed by atoms with Gasteiger partial charge in [0.25, 0.3) is 0 Å². The van der Waals surface area contributed by atoms with E-state index in [1.807, 2.05) is 49.3 Å². The van der Waals surface area contributed by atoms with Gasteiger partial charge in [-0.15, -0.1) is 0 Å². The third-order valence-corrected chi connectivity index (χ3v) is 5.15. The smallest absolute Gasteiger partial charge is 0.377 e. The summed E-state index contributed by atoms with van der Waals surface area (Å²) >= 11 is 12.4. The second-order valence-corrected chi connectivity index (χ2v) is 8.62. The predicted octanol–water partition coefficient (Wildman–Crippen LogP) is 9.03. The summed E-state index contributed by atoms with van der Waals surface area (Å²) in [4.78, 5) is 6.52. The molecule has 0 atom stereocenters. The Morgan fingerprint density at radius 2 is 1.44 bits per heavy atom. The van der Waals surface area contributed by atoms with Crippen molar-refractivity contribution in [2.75, 3.05) is 24.3 Å². The van der Waals surface area contributed by atoms with Crippen molar-refractivity contribution in [2.45, 2.75) is 25.7 Å². The van der Waals surface area contributed by atoms with Crippen molar-refractivity contribution in [3.8, 4) is 0 Å². The van der Waals surface area contributed by atoms with E-state index in [9.17, 15) is 26.3 Å². The summed E-state index contributed by atoms with van der Waals surface area (Å²) < 4.78 is 70.0. The molecule has 0 aliphatic rings. The molecule has 1 N–H and O–H groups in total. The number of aliphatic imine (C=N–C) groups is 1. The van der Waals surface area contributed by atoms with Gasteiger partial charge in [-0.05, 0) is 42.0 Å². The molecule has 3 aromatic rings. The minimum absolute atomic E-state index is 0.0887. The molecule has 0 fully saturated rings. The van der Waals surface area contributed by atoms with Gasteiger partial charge >= 0.3 is 12.4 Å². The van der Waals surface area contributed by atoms with Gasteiger partial charge in [0.2, 0.25) is 0 Å². The van der Waals surface area contributed by atoms with Crippen LogP contribution in [-0.4, -0.2) is 26.1 Å². The van der Waals surface area contributed by atoms with E-state index >= 15 is 0 Å². The maximum atomic E-state index is 13.0. The molecule has 11 heteroatoms. The van der Waals surface area contributed by atoms with E-state index in [4.69, 9.17) is 23.2 Å². The van der Waals surface area contributed by atoms with Gasteiger partial charge in [-0.2, -0.15) is 26.3 Å². The average Bonchev–Trinajstić information content (AvgIpc) is 2.75. The Hall–Kier alpha value is -2.91. The number of alkyl halides is 6. The van der Waals surface area contributed by atoms with Crippen LogP contribution in [-0.2, 0) is 12.6 Å². The molecule has 3 nitrogen and oxygen atoms in total. The van der Waals surface area contributed by atoms with Gasteiger partial charge in [-0.25, -0.2) is 4.99 Å². The van der Waals surface area contributed by atoms with Crippen LogP contribution in [0.3, 0.4) is 0 Å². The third kappa shape index (κ3) is 9.62. The minimum atomic E-state index is -4.48. The Morgan fingerprint density at radius 1 is 0.861 bits per heavy atom. The summed E-state index contributed by atoms with van der Waals surface area (Å²) in [6.45, 7) is 0.188. The highest BCUT2D eigenvalue weighted by Gasteiger charge is 2.31. The summed E-state index contributed by atoms with van der Waals surface area (Å²) in [5, 5.41) is 3.61. The number of para-hydroxylation sites is 2. The minimum Gasteiger partial charge on any atom is -0.377 e. The summed E-state index contributed by atoms with van der Waals surface area (Å²) in [5.41, 5.74) is 2.01. The quantitative estimate of drug-likeness (QED) is 0.195. The van der Waals surface area contributed by atoms with Crippen LogP contribution in [0.5, 0.6) is 0 Å². The molecule has 0 bridgehead atoms. The maximum absolute atomic E-state index is 13.0. The molecule has 0 unspecified atom stereocenters. The molecule has 0 saturated heterocycles. The molecular weight excluding hydrogens is 527 g/mol. The fraction of sp³-hybridized carbons (Fsp3) is 0.240. The largest absolute Gasteiger partial charge is 0.416 e. The summed E-state index contributed by atoms with van der Waals surface area (Å²) in [6.07, 6.45) is -8.09. The second-order valence-electron chi connectivity index (χ2n) is 7.81. The monoisotopic (exact) mass is 549 g/mol. The Morgan fingerprint density at radius 3 is 2.00 bits per heavy atom. The van der Waals surface area contributed by atoms with Gasteiger partial charge in [-0.3, -0.25) is 0 Å². The van der Waals surface area contributed by atoms with E-state index in [1.54, 1.807) is 18.2 Å². The second kappa shape index (κ2) is 12.4. The molecule has 0 heterocycles. The number of rotatable bonds is 5. The Balaban J connectivity index is 0.000000830. The van der Waals surface area contributed by atoms with E-state index in [-0.39, 0.29) is 17.6 Å². The molecule has 194 valence electrons. The summed E-state index contributed by atoms with van der Waals surface area (Å²) in [5.74, 6) is 0.490. The SMILES string of the molecule is CC(F)(F)F.CN(C)c1ccccc1CC(=Nc1ccc(C(F)(F)F)cc1Cl)Nc1ccccc1Cl. The Labute approximate surface area is 215 Å². The van der Waals surface area contributed by atoms with Gasteiger partial charge in [-0.1, -0.05) is 53.5 Å². The molecular formula is C25H23Cl2F6N3. The Kier molecular flexibility index (Phi) is 10.1. The van der Waals surface area contributed by atoms with Gasteiger partial charge in [0, 0.05) is 33.1 Å². The zero-order chi connectivity index (χ0) is 27.1. The van der Waals surface area contributed by atoms with E-state index in [0.29, 0.717) is 23.0 Å². The first-order valence-corrected chi connectivity index (χ1v) is 11.2. The van der Waals surface area contributed by atoms with Crippen molar-refractivity contribution in [3.05, 3.63) is 87.9 Å². The van der Waals surface area contributed by atoms with Crippen LogP contribution < -0.4 is 10.2 Å². The first-order chi connectivity index (χ1) is 16.6. The fourth-order valence-corrected chi connectivity index (χ4v) is 3.43. The number of nitrogens with zero attached hydrogens (tertiary/aromatic N) is 2. The number of nitrogens with one attached hydrogen (secondary N) is 1. The molecule has 0 aliphatic heterocycles. The molecule has 3 aromatic carbocycles. The molecule has 0 aliphatic carbocycles. The first kappa shape index (κ1) is 29.3. The molecule has 0 saturated carbocycles. The summed E-state index contributed by atoms with van der Waals surface area (Å²) in [7, 11) is 3.87.